The molecule has 0 aliphatic heterocycles. The normalized spacial score (nSPS) is 12.4. The summed E-state index contributed by atoms with van der Waals surface area (Å²) < 4.78 is 12.0. The van der Waals surface area contributed by atoms with Gasteiger partial charge in [0.05, 0.1) is 14.2 Å². The molecule has 0 amide bonds. The molecule has 6 aromatic carbocycles. The zero-order valence-corrected chi connectivity index (χ0v) is 35.7. The van der Waals surface area contributed by atoms with Crippen molar-refractivity contribution in [3.8, 4) is 22.6 Å². The molecular formula is C50H61O2P. The van der Waals surface area contributed by atoms with E-state index in [0.29, 0.717) is 8.58 Å². The van der Waals surface area contributed by atoms with Crippen LogP contribution < -0.4 is 20.1 Å². The third-order valence-electron chi connectivity index (χ3n) is 9.98. The molecule has 0 spiro atoms. The Morgan fingerprint density at radius 3 is 0.943 bits per heavy atom. The van der Waals surface area contributed by atoms with E-state index in [4.69, 9.17) is 9.47 Å². The lowest BCUT2D eigenvalue weighted by atomic mass is 9.79. The van der Waals surface area contributed by atoms with Gasteiger partial charge in [-0.2, -0.15) is 0 Å². The number of rotatable bonds is 5. The van der Waals surface area contributed by atoms with Crippen LogP contribution in [0.25, 0.3) is 32.7 Å². The number of ether oxygens (including phenoxy) is 2. The summed E-state index contributed by atoms with van der Waals surface area (Å²) in [6.45, 7) is 27.2. The lowest BCUT2D eigenvalue weighted by molar-refractivity contribution is 0.381. The summed E-state index contributed by atoms with van der Waals surface area (Å²) in [5.74, 6) is 2.06. The van der Waals surface area contributed by atoms with E-state index in [-0.39, 0.29) is 21.7 Å². The summed E-state index contributed by atoms with van der Waals surface area (Å²) in [6.07, 6.45) is 0. The van der Waals surface area contributed by atoms with Gasteiger partial charge in [0, 0.05) is 22.3 Å². The van der Waals surface area contributed by atoms with E-state index in [1.54, 1.807) is 14.2 Å². The Bertz CT molecular complexity index is 1980. The minimum Gasteiger partial charge on any atom is -0.496 e. The predicted octanol–water partition coefficient (Wildman–Crippen LogP) is 13.2. The number of fused-ring (bicyclic) bond motifs is 2. The molecule has 6 rings (SSSR count). The highest BCUT2D eigenvalue weighted by molar-refractivity contribution is 7.55. The van der Waals surface area contributed by atoms with Gasteiger partial charge in [-0.05, 0) is 89.2 Å². The second-order valence-corrected chi connectivity index (χ2v) is 19.8. The molecule has 6 aromatic rings. The standard InChI is InChI=1S/C30H47O2P.C20H14/c1-27(2,3)21-15-19(16-22(25(21)31-13)28(4,5)6)33-20-17-23(29(7,8)9)26(32-14)24(18-20)30(10,11)12;1-3-11-17-15(7-1)9-5-13-19(17)20-14-6-10-16-8-2-4-12-18(16)20/h15-18,33H,1-14H3;1-14H. The SMILES string of the molecule is COc1c(C(C)(C)C)cc(Pc2cc(C(C)(C)C)c(OC)c(C(C)(C)C)c2)cc1C(C)(C)C.c1ccc2c(-c3cccc4ccccc34)cccc2c1. The van der Waals surface area contributed by atoms with Gasteiger partial charge in [0.1, 0.15) is 11.5 Å². The largest absolute Gasteiger partial charge is 0.496 e. The Hall–Kier alpha value is -4.13. The molecule has 0 heterocycles. The van der Waals surface area contributed by atoms with Crippen LogP contribution in [0.5, 0.6) is 11.5 Å². The van der Waals surface area contributed by atoms with Crippen molar-refractivity contribution in [1.29, 1.82) is 0 Å². The third-order valence-corrected chi connectivity index (χ3v) is 11.1. The Morgan fingerprint density at radius 1 is 0.377 bits per heavy atom. The molecule has 0 bridgehead atoms. The molecule has 2 nitrogen and oxygen atoms in total. The quantitative estimate of drug-likeness (QED) is 0.165. The Morgan fingerprint density at radius 2 is 0.660 bits per heavy atom. The molecule has 0 aliphatic rings. The first-order valence-electron chi connectivity index (χ1n) is 18.9. The van der Waals surface area contributed by atoms with E-state index in [0.717, 1.165) is 11.5 Å². The van der Waals surface area contributed by atoms with Crippen LogP contribution in [0.1, 0.15) is 105 Å². The molecule has 0 saturated carbocycles. The van der Waals surface area contributed by atoms with Gasteiger partial charge < -0.3 is 9.47 Å². The van der Waals surface area contributed by atoms with Gasteiger partial charge in [-0.25, -0.2) is 0 Å². The topological polar surface area (TPSA) is 18.5 Å². The highest BCUT2D eigenvalue weighted by Crippen LogP contribution is 2.42. The third kappa shape index (κ3) is 8.99. The van der Waals surface area contributed by atoms with Crippen LogP contribution in [0.15, 0.2) is 109 Å². The minimum absolute atomic E-state index is 0.00111. The van der Waals surface area contributed by atoms with E-state index < -0.39 is 0 Å². The predicted molar refractivity (Wildman–Crippen MR) is 235 cm³/mol. The molecule has 0 fully saturated rings. The van der Waals surface area contributed by atoms with Crippen LogP contribution in [0.3, 0.4) is 0 Å². The van der Waals surface area contributed by atoms with Crippen molar-refractivity contribution in [2.45, 2.75) is 105 Å². The van der Waals surface area contributed by atoms with Gasteiger partial charge >= 0.3 is 0 Å². The van der Waals surface area contributed by atoms with Crippen molar-refractivity contribution in [1.82, 2.24) is 0 Å². The number of hydrogen-bond donors (Lipinski definition) is 0. The first-order chi connectivity index (χ1) is 24.7. The molecule has 53 heavy (non-hydrogen) atoms. The molecular weight excluding hydrogens is 664 g/mol. The van der Waals surface area contributed by atoms with Gasteiger partial charge in [0.25, 0.3) is 0 Å². The molecule has 0 saturated heterocycles. The molecule has 0 unspecified atom stereocenters. The van der Waals surface area contributed by atoms with Gasteiger partial charge in [-0.3, -0.25) is 0 Å². The van der Waals surface area contributed by atoms with Crippen molar-refractivity contribution in [2.75, 3.05) is 14.2 Å². The van der Waals surface area contributed by atoms with E-state index in [2.05, 4.69) is 192 Å². The van der Waals surface area contributed by atoms with Crippen LogP contribution in [-0.4, -0.2) is 14.2 Å². The summed E-state index contributed by atoms with van der Waals surface area (Å²) in [7, 11) is 4.17. The fourth-order valence-electron chi connectivity index (χ4n) is 7.16. The highest BCUT2D eigenvalue weighted by atomic mass is 31.1. The van der Waals surface area contributed by atoms with Crippen molar-refractivity contribution in [3.05, 3.63) is 131 Å². The highest BCUT2D eigenvalue weighted by Gasteiger charge is 2.30. The zero-order chi connectivity index (χ0) is 38.9. The Labute approximate surface area is 322 Å². The van der Waals surface area contributed by atoms with E-state index in [9.17, 15) is 0 Å². The van der Waals surface area contributed by atoms with Gasteiger partial charge in [-0.1, -0.05) is 177 Å². The van der Waals surface area contributed by atoms with Crippen molar-refractivity contribution < 1.29 is 9.47 Å². The average molecular weight is 725 g/mol. The monoisotopic (exact) mass is 724 g/mol. The van der Waals surface area contributed by atoms with Crippen LogP contribution in [0.2, 0.25) is 0 Å². The van der Waals surface area contributed by atoms with E-state index >= 15 is 0 Å². The number of methoxy groups -OCH3 is 2. The molecule has 0 N–H and O–H groups in total. The summed E-state index contributed by atoms with van der Waals surface area (Å²) in [6, 6.07) is 39.6. The molecule has 0 radical (unpaired) electrons. The van der Waals surface area contributed by atoms with E-state index in [1.165, 1.54) is 65.5 Å². The molecule has 0 atom stereocenters. The Balaban J connectivity index is 0.000000228. The fraction of sp³-hybridized carbons (Fsp3) is 0.360. The van der Waals surface area contributed by atoms with Crippen LogP contribution in [-0.2, 0) is 21.7 Å². The molecule has 0 aromatic heterocycles. The number of benzene rings is 6. The maximum absolute atomic E-state index is 5.98. The first-order valence-corrected chi connectivity index (χ1v) is 19.9. The molecule has 3 heteroatoms. The number of hydrogen-bond acceptors (Lipinski definition) is 2. The second kappa shape index (κ2) is 15.3. The maximum atomic E-state index is 5.98. The zero-order valence-electron chi connectivity index (χ0n) is 34.7. The average Bonchev–Trinajstić information content (AvgIpc) is 3.09. The van der Waals surface area contributed by atoms with Gasteiger partial charge in [0.15, 0.2) is 0 Å². The van der Waals surface area contributed by atoms with Crippen LogP contribution >= 0.6 is 8.58 Å². The smallest absolute Gasteiger partial charge is 0.126 e. The van der Waals surface area contributed by atoms with Crippen molar-refractivity contribution in [2.24, 2.45) is 0 Å². The second-order valence-electron chi connectivity index (χ2n) is 18.4. The summed E-state index contributed by atoms with van der Waals surface area (Å²) in [4.78, 5) is 0. The van der Waals surface area contributed by atoms with Crippen LogP contribution in [0.4, 0.5) is 0 Å². The van der Waals surface area contributed by atoms with Gasteiger partial charge in [-0.15, -0.1) is 0 Å². The first kappa shape index (κ1) is 40.1. The van der Waals surface area contributed by atoms with E-state index in [1.807, 2.05) is 0 Å². The lowest BCUT2D eigenvalue weighted by Gasteiger charge is -2.31. The van der Waals surface area contributed by atoms with Crippen LogP contribution in [0, 0.1) is 0 Å². The maximum Gasteiger partial charge on any atom is 0.126 e. The summed E-state index contributed by atoms with van der Waals surface area (Å²) in [5, 5.41) is 7.92. The Kier molecular flexibility index (Phi) is 11.6. The fourth-order valence-corrected chi connectivity index (χ4v) is 8.36. The van der Waals surface area contributed by atoms with Gasteiger partial charge in [0.2, 0.25) is 0 Å². The molecule has 278 valence electrons. The van der Waals surface area contributed by atoms with Crippen molar-refractivity contribution in [3.63, 3.8) is 0 Å². The van der Waals surface area contributed by atoms with Crippen molar-refractivity contribution >= 4 is 40.7 Å². The summed E-state index contributed by atoms with van der Waals surface area (Å²) >= 11 is 0. The minimum atomic E-state index is -0.00111. The molecule has 0 aliphatic carbocycles. The lowest BCUT2D eigenvalue weighted by Crippen LogP contribution is -2.24. The summed E-state index contributed by atoms with van der Waals surface area (Å²) in [5.41, 5.74) is 7.72.